The number of fused-ring (bicyclic) bond motifs is 1. The molecule has 1 aromatic carbocycles. The molecule has 2 rings (SSSR count). The molecule has 2 N–H and O–H groups in total. The van der Waals surface area contributed by atoms with Gasteiger partial charge in [-0.05, 0) is 30.5 Å². The molecule has 86 valence electrons. The van der Waals surface area contributed by atoms with Crippen molar-refractivity contribution in [3.63, 3.8) is 0 Å². The highest BCUT2D eigenvalue weighted by molar-refractivity contribution is 5.56. The largest absolute Gasteiger partial charge is 0.494 e. The smallest absolute Gasteiger partial charge is 0.122 e. The number of aldehydes is 1. The lowest BCUT2D eigenvalue weighted by Gasteiger charge is -2.13. The van der Waals surface area contributed by atoms with Crippen LogP contribution in [0.2, 0.25) is 0 Å². The summed E-state index contributed by atoms with van der Waals surface area (Å²) in [6.07, 6.45) is 2.26. The Hall–Kier alpha value is -1.35. The summed E-state index contributed by atoms with van der Waals surface area (Å²) in [5.74, 6) is 1.08. The highest BCUT2D eigenvalue weighted by Crippen LogP contribution is 2.38. The van der Waals surface area contributed by atoms with E-state index in [9.17, 15) is 4.79 Å². The minimum absolute atomic E-state index is 0.0433. The van der Waals surface area contributed by atoms with Gasteiger partial charge in [-0.2, -0.15) is 0 Å². The fraction of sp³-hybridized carbons (Fsp3) is 0.462. The molecule has 0 bridgehead atoms. The average molecular weight is 219 g/mol. The molecule has 0 heterocycles. The van der Waals surface area contributed by atoms with Crippen molar-refractivity contribution in [2.24, 2.45) is 5.73 Å². The molecule has 0 aliphatic heterocycles. The maximum atomic E-state index is 10.6. The summed E-state index contributed by atoms with van der Waals surface area (Å²) < 4.78 is 5.58. The number of ether oxygens (including phenoxy) is 1. The van der Waals surface area contributed by atoms with Crippen molar-refractivity contribution >= 4 is 6.29 Å². The minimum atomic E-state index is 0.0433. The maximum absolute atomic E-state index is 10.6. The lowest BCUT2D eigenvalue weighted by atomic mass is 9.96. The number of carbonyl (C=O) groups is 1. The van der Waals surface area contributed by atoms with Crippen molar-refractivity contribution in [3.05, 3.63) is 29.3 Å². The molecule has 0 amide bonds. The standard InChI is InChI=1S/C13H17NO2/c1-2-16-13-5-3-4-9-10(6-7-15)12(14)8-11(9)13/h3-5,7,10,12H,2,6,8,14H2,1H3. The second-order valence-corrected chi connectivity index (χ2v) is 4.13. The van der Waals surface area contributed by atoms with E-state index in [1.54, 1.807) is 0 Å². The summed E-state index contributed by atoms with van der Waals surface area (Å²) in [5.41, 5.74) is 8.44. The molecule has 0 spiro atoms. The van der Waals surface area contributed by atoms with E-state index in [1.165, 1.54) is 11.1 Å². The monoisotopic (exact) mass is 219 g/mol. The maximum Gasteiger partial charge on any atom is 0.122 e. The summed E-state index contributed by atoms with van der Waals surface area (Å²) in [6.45, 7) is 2.63. The van der Waals surface area contributed by atoms with E-state index in [4.69, 9.17) is 10.5 Å². The Kier molecular flexibility index (Phi) is 3.25. The van der Waals surface area contributed by atoms with Crippen LogP contribution in [0.25, 0.3) is 0 Å². The Morgan fingerprint density at radius 3 is 3.06 bits per heavy atom. The molecule has 3 nitrogen and oxygen atoms in total. The Morgan fingerprint density at radius 2 is 2.38 bits per heavy atom. The van der Waals surface area contributed by atoms with Crippen LogP contribution in [0, 0.1) is 0 Å². The topological polar surface area (TPSA) is 52.3 Å². The van der Waals surface area contributed by atoms with E-state index >= 15 is 0 Å². The van der Waals surface area contributed by atoms with Crippen LogP contribution in [0.4, 0.5) is 0 Å². The second kappa shape index (κ2) is 4.66. The van der Waals surface area contributed by atoms with Crippen LogP contribution in [0.5, 0.6) is 5.75 Å². The van der Waals surface area contributed by atoms with Gasteiger partial charge in [0.25, 0.3) is 0 Å². The zero-order chi connectivity index (χ0) is 11.5. The van der Waals surface area contributed by atoms with Crippen LogP contribution in [0.15, 0.2) is 18.2 Å². The lowest BCUT2D eigenvalue weighted by molar-refractivity contribution is -0.108. The number of rotatable bonds is 4. The first-order valence-corrected chi connectivity index (χ1v) is 5.71. The van der Waals surface area contributed by atoms with Crippen molar-refractivity contribution < 1.29 is 9.53 Å². The van der Waals surface area contributed by atoms with Crippen LogP contribution in [0.1, 0.15) is 30.4 Å². The van der Waals surface area contributed by atoms with Crippen molar-refractivity contribution in [1.29, 1.82) is 0 Å². The summed E-state index contributed by atoms with van der Waals surface area (Å²) in [4.78, 5) is 10.6. The highest BCUT2D eigenvalue weighted by Gasteiger charge is 2.31. The van der Waals surface area contributed by atoms with E-state index in [2.05, 4.69) is 6.07 Å². The summed E-state index contributed by atoms with van der Waals surface area (Å²) >= 11 is 0. The van der Waals surface area contributed by atoms with Crippen molar-refractivity contribution in [3.8, 4) is 5.75 Å². The van der Waals surface area contributed by atoms with Gasteiger partial charge in [-0.3, -0.25) is 0 Å². The van der Waals surface area contributed by atoms with Gasteiger partial charge in [-0.1, -0.05) is 12.1 Å². The summed E-state index contributed by atoms with van der Waals surface area (Å²) in [6, 6.07) is 6.04. The highest BCUT2D eigenvalue weighted by atomic mass is 16.5. The van der Waals surface area contributed by atoms with Crippen LogP contribution >= 0.6 is 0 Å². The molecule has 0 aromatic heterocycles. The molecular weight excluding hydrogens is 202 g/mol. The fourth-order valence-electron chi connectivity index (χ4n) is 2.45. The van der Waals surface area contributed by atoms with Crippen LogP contribution < -0.4 is 10.5 Å². The van der Waals surface area contributed by atoms with E-state index < -0.39 is 0 Å². The second-order valence-electron chi connectivity index (χ2n) is 4.13. The van der Waals surface area contributed by atoms with Gasteiger partial charge >= 0.3 is 0 Å². The third-order valence-corrected chi connectivity index (χ3v) is 3.18. The van der Waals surface area contributed by atoms with Gasteiger partial charge in [0.2, 0.25) is 0 Å². The molecular formula is C13H17NO2. The van der Waals surface area contributed by atoms with Crippen LogP contribution in [0.3, 0.4) is 0 Å². The third-order valence-electron chi connectivity index (χ3n) is 3.18. The summed E-state index contributed by atoms with van der Waals surface area (Å²) in [5, 5.41) is 0. The number of benzene rings is 1. The Bertz CT molecular complexity index is 390. The molecule has 16 heavy (non-hydrogen) atoms. The SMILES string of the molecule is CCOc1cccc2c1CC(N)C2CC=O. The number of carbonyl (C=O) groups excluding carboxylic acids is 1. The van der Waals surface area contributed by atoms with E-state index in [0.29, 0.717) is 13.0 Å². The normalized spacial score (nSPS) is 22.9. The van der Waals surface area contributed by atoms with E-state index in [1.807, 2.05) is 19.1 Å². The molecule has 1 aliphatic carbocycles. The van der Waals surface area contributed by atoms with Gasteiger partial charge in [0, 0.05) is 18.4 Å². The molecule has 0 saturated carbocycles. The quantitative estimate of drug-likeness (QED) is 0.783. The first kappa shape index (κ1) is 11.1. The molecule has 3 heteroatoms. The van der Waals surface area contributed by atoms with Crippen molar-refractivity contribution in [2.45, 2.75) is 31.7 Å². The molecule has 2 atom stereocenters. The Labute approximate surface area is 95.6 Å². The Morgan fingerprint density at radius 1 is 1.56 bits per heavy atom. The van der Waals surface area contributed by atoms with Crippen molar-refractivity contribution in [1.82, 2.24) is 0 Å². The molecule has 1 aromatic rings. The van der Waals surface area contributed by atoms with Gasteiger partial charge in [0.05, 0.1) is 6.61 Å². The van der Waals surface area contributed by atoms with E-state index in [0.717, 1.165) is 18.5 Å². The number of hydrogen-bond donors (Lipinski definition) is 1. The molecule has 2 unspecified atom stereocenters. The molecule has 0 radical (unpaired) electrons. The van der Waals surface area contributed by atoms with Gasteiger partial charge in [0.15, 0.2) is 0 Å². The van der Waals surface area contributed by atoms with Gasteiger partial charge in [0.1, 0.15) is 12.0 Å². The molecule has 0 fully saturated rings. The van der Waals surface area contributed by atoms with E-state index in [-0.39, 0.29) is 12.0 Å². The predicted octanol–water partition coefficient (Wildman–Crippen LogP) is 1.64. The van der Waals surface area contributed by atoms with Crippen molar-refractivity contribution in [2.75, 3.05) is 6.61 Å². The first-order valence-electron chi connectivity index (χ1n) is 5.71. The minimum Gasteiger partial charge on any atom is -0.494 e. The zero-order valence-corrected chi connectivity index (χ0v) is 9.48. The Balaban J connectivity index is 2.35. The average Bonchev–Trinajstić information content (AvgIpc) is 2.59. The predicted molar refractivity (Wildman–Crippen MR) is 62.7 cm³/mol. The molecule has 1 aliphatic rings. The first-order chi connectivity index (χ1) is 7.77. The zero-order valence-electron chi connectivity index (χ0n) is 9.48. The van der Waals surface area contributed by atoms with Crippen LogP contribution in [-0.4, -0.2) is 18.9 Å². The summed E-state index contributed by atoms with van der Waals surface area (Å²) in [7, 11) is 0. The van der Waals surface area contributed by atoms with Gasteiger partial charge in [-0.25, -0.2) is 0 Å². The number of nitrogens with two attached hydrogens (primary N) is 1. The lowest BCUT2D eigenvalue weighted by Crippen LogP contribution is -2.25. The number of hydrogen-bond acceptors (Lipinski definition) is 3. The third kappa shape index (κ3) is 1.83. The van der Waals surface area contributed by atoms with Gasteiger partial charge in [-0.15, -0.1) is 0 Å². The van der Waals surface area contributed by atoms with Gasteiger partial charge < -0.3 is 15.3 Å². The molecule has 0 saturated heterocycles. The van der Waals surface area contributed by atoms with Crippen LogP contribution in [-0.2, 0) is 11.2 Å². The fourth-order valence-corrected chi connectivity index (χ4v) is 2.45.